The van der Waals surface area contributed by atoms with Crippen LogP contribution in [0.5, 0.6) is 0 Å². The quantitative estimate of drug-likeness (QED) is 0.0279. The third kappa shape index (κ3) is 38.8. The molecule has 0 aromatic carbocycles. The molecule has 0 radical (unpaired) electrons. The molecule has 0 rings (SSSR count). The predicted octanol–water partition coefficient (Wildman–Crippen LogP) is 11.3. The highest BCUT2D eigenvalue weighted by Crippen LogP contribution is 2.38. The number of carbonyl (C=O) groups excluding carboxylic acids is 1. The van der Waals surface area contributed by atoms with Gasteiger partial charge >= 0.3 is 0 Å². The number of aliphatic hydroxyl groups excluding tert-OH is 1. The van der Waals surface area contributed by atoms with Crippen LogP contribution in [0.1, 0.15) is 187 Å². The van der Waals surface area contributed by atoms with Crippen LogP contribution in [0.2, 0.25) is 0 Å². The van der Waals surface area contributed by atoms with Crippen molar-refractivity contribution in [3.8, 4) is 0 Å². The van der Waals surface area contributed by atoms with Crippen molar-refractivity contribution < 1.29 is 32.9 Å². The highest BCUT2D eigenvalue weighted by Gasteiger charge is 2.23. The average Bonchev–Trinajstić information content (AvgIpc) is 3.10. The Balaban J connectivity index is 4.45. The van der Waals surface area contributed by atoms with Gasteiger partial charge < -0.3 is 28.8 Å². The SMILES string of the molecule is CCCCC/C=C\C/C=C\CCCCCCCCCC(=O)NC(COP(=O)([O-])OCC[N+](C)(C)C)C(O)/C=C/CCCCCCCCCCCCCC. The number of allylic oxidation sites excluding steroid dienone is 5. The van der Waals surface area contributed by atoms with E-state index >= 15 is 0 Å². The van der Waals surface area contributed by atoms with Gasteiger partial charge in [-0.15, -0.1) is 0 Å². The standard InChI is InChI=1S/C44H85N2O6P/c1-6-8-10-12-14-16-18-20-22-23-24-26-28-30-32-34-36-38-44(48)45-42(41-52-53(49,50)51-40-39-46(3,4)5)43(47)37-35-33-31-29-27-25-21-19-17-15-13-11-9-7-2/h14,16,20,22,35,37,42-43,47H,6-13,15,17-19,21,23-34,36,38-41H2,1-5H3,(H-,45,48,49,50)/b16-14-,22-20-,37-35+. The van der Waals surface area contributed by atoms with Crippen LogP contribution < -0.4 is 10.2 Å². The van der Waals surface area contributed by atoms with Gasteiger partial charge in [0, 0.05) is 6.42 Å². The van der Waals surface area contributed by atoms with Gasteiger partial charge in [-0.25, -0.2) is 0 Å². The smallest absolute Gasteiger partial charge is 0.268 e. The van der Waals surface area contributed by atoms with E-state index in [1.54, 1.807) is 6.08 Å². The minimum atomic E-state index is -4.59. The first kappa shape index (κ1) is 51.7. The Hall–Kier alpha value is -1.28. The molecule has 0 saturated heterocycles. The van der Waals surface area contributed by atoms with Gasteiger partial charge in [-0.05, 0) is 51.4 Å². The number of nitrogens with zero attached hydrogens (tertiary/aromatic N) is 1. The van der Waals surface area contributed by atoms with Crippen molar-refractivity contribution >= 4 is 13.7 Å². The Morgan fingerprint density at radius 2 is 1.09 bits per heavy atom. The molecule has 2 N–H and O–H groups in total. The zero-order valence-corrected chi connectivity index (χ0v) is 36.1. The molecule has 0 bridgehead atoms. The number of phosphoric ester groups is 1. The van der Waals surface area contributed by atoms with E-state index in [0.717, 1.165) is 57.8 Å². The van der Waals surface area contributed by atoms with E-state index in [9.17, 15) is 19.4 Å². The van der Waals surface area contributed by atoms with Gasteiger partial charge in [0.2, 0.25) is 5.91 Å². The van der Waals surface area contributed by atoms with E-state index in [1.807, 2.05) is 27.2 Å². The molecule has 53 heavy (non-hydrogen) atoms. The first-order valence-electron chi connectivity index (χ1n) is 21.9. The molecule has 0 aliphatic carbocycles. The van der Waals surface area contributed by atoms with Crippen LogP contribution in [-0.4, -0.2) is 68.5 Å². The number of nitrogens with one attached hydrogen (secondary N) is 1. The summed E-state index contributed by atoms with van der Waals surface area (Å²) in [4.78, 5) is 25.3. The monoisotopic (exact) mass is 769 g/mol. The molecule has 8 nitrogen and oxygen atoms in total. The van der Waals surface area contributed by atoms with Crippen molar-refractivity contribution in [1.29, 1.82) is 0 Å². The number of likely N-dealkylation sites (N-methyl/N-ethyl adjacent to an activating group) is 1. The molecule has 9 heteroatoms. The van der Waals surface area contributed by atoms with Crippen LogP contribution in [0.15, 0.2) is 36.5 Å². The van der Waals surface area contributed by atoms with E-state index in [0.29, 0.717) is 17.4 Å². The summed E-state index contributed by atoms with van der Waals surface area (Å²) in [6.45, 7) is 4.60. The first-order chi connectivity index (χ1) is 25.5. The zero-order valence-electron chi connectivity index (χ0n) is 35.2. The maximum Gasteiger partial charge on any atom is 0.268 e. The number of phosphoric acid groups is 1. The molecule has 3 unspecified atom stereocenters. The van der Waals surface area contributed by atoms with E-state index in [4.69, 9.17) is 9.05 Å². The van der Waals surface area contributed by atoms with Crippen molar-refractivity contribution in [3.63, 3.8) is 0 Å². The Morgan fingerprint density at radius 1 is 0.660 bits per heavy atom. The number of hydrogen-bond donors (Lipinski definition) is 2. The molecule has 0 aromatic heterocycles. The van der Waals surface area contributed by atoms with Gasteiger partial charge in [-0.2, -0.15) is 0 Å². The van der Waals surface area contributed by atoms with Crippen LogP contribution in [0, 0.1) is 0 Å². The molecule has 312 valence electrons. The lowest BCUT2D eigenvalue weighted by Crippen LogP contribution is -2.45. The van der Waals surface area contributed by atoms with E-state index in [-0.39, 0.29) is 19.1 Å². The lowest BCUT2D eigenvalue weighted by Gasteiger charge is -2.29. The molecule has 0 fully saturated rings. The Bertz CT molecular complexity index is 964. The van der Waals surface area contributed by atoms with Crippen molar-refractivity contribution in [2.45, 2.75) is 199 Å². The second-order valence-electron chi connectivity index (χ2n) is 16.0. The number of hydrogen-bond acceptors (Lipinski definition) is 6. The van der Waals surface area contributed by atoms with Crippen molar-refractivity contribution in [3.05, 3.63) is 36.5 Å². The summed E-state index contributed by atoms with van der Waals surface area (Å²) in [6, 6.07) is -0.888. The Morgan fingerprint density at radius 3 is 1.60 bits per heavy atom. The molecule has 0 aromatic rings. The molecule has 1 amide bonds. The van der Waals surface area contributed by atoms with E-state index < -0.39 is 20.0 Å². The molecule has 0 heterocycles. The second kappa shape index (κ2) is 36.4. The van der Waals surface area contributed by atoms with Gasteiger partial charge in [-0.1, -0.05) is 166 Å². The summed E-state index contributed by atoms with van der Waals surface area (Å²) in [5.74, 6) is -0.207. The molecule has 0 saturated carbocycles. The summed E-state index contributed by atoms with van der Waals surface area (Å²) in [5, 5.41) is 13.8. The predicted molar refractivity (Wildman–Crippen MR) is 224 cm³/mol. The topological polar surface area (TPSA) is 108 Å². The summed E-state index contributed by atoms with van der Waals surface area (Å²) in [7, 11) is 1.25. The molecule has 0 aliphatic rings. The molecular weight excluding hydrogens is 683 g/mol. The van der Waals surface area contributed by atoms with Gasteiger partial charge in [-0.3, -0.25) is 9.36 Å². The molecule has 0 aliphatic heterocycles. The van der Waals surface area contributed by atoms with Crippen molar-refractivity contribution in [1.82, 2.24) is 5.32 Å². The summed E-state index contributed by atoms with van der Waals surface area (Å²) in [5.41, 5.74) is 0. The Kier molecular flexibility index (Phi) is 35.5. The fourth-order valence-corrected chi connectivity index (χ4v) is 6.79. The van der Waals surface area contributed by atoms with Crippen LogP contribution in [0.25, 0.3) is 0 Å². The summed E-state index contributed by atoms with van der Waals surface area (Å²) >= 11 is 0. The minimum absolute atomic E-state index is 0.00300. The highest BCUT2D eigenvalue weighted by atomic mass is 31.2. The van der Waals surface area contributed by atoms with E-state index in [2.05, 4.69) is 43.5 Å². The summed E-state index contributed by atoms with van der Waals surface area (Å²) in [6.07, 6.45) is 43.2. The summed E-state index contributed by atoms with van der Waals surface area (Å²) < 4.78 is 23.2. The van der Waals surface area contributed by atoms with Gasteiger partial charge in [0.25, 0.3) is 7.82 Å². The lowest BCUT2D eigenvalue weighted by molar-refractivity contribution is -0.870. The number of quaternary nitrogens is 1. The largest absolute Gasteiger partial charge is 0.756 e. The fraction of sp³-hybridized carbons (Fsp3) is 0.841. The van der Waals surface area contributed by atoms with Crippen molar-refractivity contribution in [2.75, 3.05) is 40.9 Å². The van der Waals surface area contributed by atoms with Crippen LogP contribution in [0.3, 0.4) is 0 Å². The maximum atomic E-state index is 12.8. The zero-order chi connectivity index (χ0) is 39.3. The second-order valence-corrected chi connectivity index (χ2v) is 17.5. The first-order valence-corrected chi connectivity index (χ1v) is 23.3. The van der Waals surface area contributed by atoms with Gasteiger partial charge in [0.1, 0.15) is 13.2 Å². The highest BCUT2D eigenvalue weighted by molar-refractivity contribution is 7.45. The third-order valence-electron chi connectivity index (χ3n) is 9.59. The van der Waals surface area contributed by atoms with Gasteiger partial charge in [0.05, 0.1) is 39.9 Å². The van der Waals surface area contributed by atoms with E-state index in [1.165, 1.54) is 109 Å². The molecule has 0 spiro atoms. The third-order valence-corrected chi connectivity index (χ3v) is 10.6. The van der Waals surface area contributed by atoms with Crippen LogP contribution in [-0.2, 0) is 18.4 Å². The van der Waals surface area contributed by atoms with Gasteiger partial charge in [0.15, 0.2) is 0 Å². The number of carbonyl (C=O) groups is 1. The minimum Gasteiger partial charge on any atom is -0.756 e. The molecular formula is C44H85N2O6P. The normalized spacial score (nSPS) is 14.8. The number of rotatable bonds is 39. The maximum absolute atomic E-state index is 12.8. The Labute approximate surface area is 327 Å². The van der Waals surface area contributed by atoms with Crippen LogP contribution in [0.4, 0.5) is 0 Å². The number of aliphatic hydroxyl groups is 1. The van der Waals surface area contributed by atoms with Crippen molar-refractivity contribution in [2.24, 2.45) is 0 Å². The number of amides is 1. The average molecular weight is 769 g/mol. The number of unbranched alkanes of at least 4 members (excludes halogenated alkanes) is 22. The van der Waals surface area contributed by atoms with Crippen LogP contribution >= 0.6 is 7.82 Å². The molecule has 3 atom stereocenters. The lowest BCUT2D eigenvalue weighted by atomic mass is 10.0. The fourth-order valence-electron chi connectivity index (χ4n) is 6.06.